The van der Waals surface area contributed by atoms with Gasteiger partial charge >= 0.3 is 0 Å². The summed E-state index contributed by atoms with van der Waals surface area (Å²) >= 11 is 0. The minimum Gasteiger partial charge on any atom is -0.446 e. The van der Waals surface area contributed by atoms with Crippen LogP contribution in [0.15, 0.2) is 39.8 Å². The minimum atomic E-state index is -3.69. The van der Waals surface area contributed by atoms with E-state index in [0.29, 0.717) is 18.0 Å². The van der Waals surface area contributed by atoms with E-state index in [0.717, 1.165) is 17.7 Å². The van der Waals surface area contributed by atoms with Gasteiger partial charge < -0.3 is 9.73 Å². The van der Waals surface area contributed by atoms with Crippen LogP contribution in [0, 0.1) is 13.8 Å². The van der Waals surface area contributed by atoms with E-state index < -0.39 is 10.0 Å². The number of benzene rings is 1. The fourth-order valence-electron chi connectivity index (χ4n) is 1.86. The molecule has 21 heavy (non-hydrogen) atoms. The van der Waals surface area contributed by atoms with Gasteiger partial charge in [0.15, 0.2) is 0 Å². The van der Waals surface area contributed by atoms with Gasteiger partial charge in [-0.1, -0.05) is 13.0 Å². The number of sulfonamides is 1. The van der Waals surface area contributed by atoms with Crippen LogP contribution in [-0.4, -0.2) is 15.0 Å². The number of furan rings is 1. The Bertz CT molecular complexity index is 720. The van der Waals surface area contributed by atoms with Crippen molar-refractivity contribution in [2.75, 3.05) is 11.3 Å². The van der Waals surface area contributed by atoms with E-state index in [1.807, 2.05) is 26.8 Å². The predicted molar refractivity (Wildman–Crippen MR) is 82.8 cm³/mol. The van der Waals surface area contributed by atoms with Gasteiger partial charge in [-0.05, 0) is 55.8 Å². The van der Waals surface area contributed by atoms with Crippen LogP contribution in [0.1, 0.15) is 23.8 Å². The van der Waals surface area contributed by atoms with Crippen LogP contribution in [0.3, 0.4) is 0 Å². The van der Waals surface area contributed by atoms with Crippen LogP contribution in [0.5, 0.6) is 0 Å². The van der Waals surface area contributed by atoms with Gasteiger partial charge in [-0.2, -0.15) is 8.42 Å². The molecule has 0 fully saturated rings. The largest absolute Gasteiger partial charge is 0.446 e. The standard InChI is InChI=1S/C15H20N2O3S/c1-4-16-10-14-7-8-15(20-14)21(18,19)17-13-6-5-11(2)12(3)9-13/h5-9,16-17H,4,10H2,1-3H3. The lowest BCUT2D eigenvalue weighted by molar-refractivity contribution is 0.405. The summed E-state index contributed by atoms with van der Waals surface area (Å²) in [6.45, 7) is 7.20. The lowest BCUT2D eigenvalue weighted by Gasteiger charge is -2.08. The van der Waals surface area contributed by atoms with Gasteiger partial charge in [0.25, 0.3) is 10.0 Å². The summed E-state index contributed by atoms with van der Waals surface area (Å²) in [6.07, 6.45) is 0. The highest BCUT2D eigenvalue weighted by atomic mass is 32.2. The summed E-state index contributed by atoms with van der Waals surface area (Å²) in [5.41, 5.74) is 2.68. The molecule has 0 saturated carbocycles. The fraction of sp³-hybridized carbons (Fsp3) is 0.333. The Morgan fingerprint density at radius 3 is 2.52 bits per heavy atom. The Balaban J connectivity index is 2.17. The number of nitrogens with one attached hydrogen (secondary N) is 2. The smallest absolute Gasteiger partial charge is 0.295 e. The Morgan fingerprint density at radius 1 is 1.10 bits per heavy atom. The highest BCUT2D eigenvalue weighted by Gasteiger charge is 2.19. The van der Waals surface area contributed by atoms with Crippen molar-refractivity contribution in [1.82, 2.24) is 5.32 Å². The summed E-state index contributed by atoms with van der Waals surface area (Å²) in [7, 11) is -3.69. The zero-order valence-corrected chi connectivity index (χ0v) is 13.3. The van der Waals surface area contributed by atoms with Crippen LogP contribution in [0.2, 0.25) is 0 Å². The normalized spacial score (nSPS) is 11.6. The van der Waals surface area contributed by atoms with E-state index in [1.54, 1.807) is 18.2 Å². The molecule has 2 N–H and O–H groups in total. The predicted octanol–water partition coefficient (Wildman–Crippen LogP) is 2.81. The first-order valence-electron chi connectivity index (χ1n) is 6.82. The topological polar surface area (TPSA) is 71.3 Å². The monoisotopic (exact) mass is 308 g/mol. The highest BCUT2D eigenvalue weighted by molar-refractivity contribution is 7.92. The van der Waals surface area contributed by atoms with E-state index >= 15 is 0 Å². The molecule has 0 amide bonds. The molecule has 2 aromatic rings. The second kappa shape index (κ2) is 6.32. The molecule has 1 aromatic carbocycles. The van der Waals surface area contributed by atoms with Crippen molar-refractivity contribution < 1.29 is 12.8 Å². The molecule has 2 rings (SSSR count). The summed E-state index contributed by atoms with van der Waals surface area (Å²) < 4.78 is 32.4. The number of rotatable bonds is 6. The fourth-order valence-corrected chi connectivity index (χ4v) is 2.86. The molecule has 0 saturated heterocycles. The third-order valence-electron chi connectivity index (χ3n) is 3.21. The molecule has 0 spiro atoms. The summed E-state index contributed by atoms with van der Waals surface area (Å²) in [6, 6.07) is 8.55. The molecular formula is C15H20N2O3S. The molecule has 5 nitrogen and oxygen atoms in total. The van der Waals surface area contributed by atoms with E-state index in [4.69, 9.17) is 4.42 Å². The number of anilines is 1. The average Bonchev–Trinajstić information content (AvgIpc) is 2.90. The maximum atomic E-state index is 12.3. The lowest BCUT2D eigenvalue weighted by atomic mass is 10.1. The summed E-state index contributed by atoms with van der Waals surface area (Å²) in [5, 5.41) is 3.01. The maximum Gasteiger partial charge on any atom is 0.295 e. The van der Waals surface area contributed by atoms with Gasteiger partial charge in [0.2, 0.25) is 5.09 Å². The quantitative estimate of drug-likeness (QED) is 0.861. The minimum absolute atomic E-state index is 0.0753. The third-order valence-corrected chi connectivity index (χ3v) is 4.46. The van der Waals surface area contributed by atoms with Crippen LogP contribution < -0.4 is 10.0 Å². The zero-order valence-electron chi connectivity index (χ0n) is 12.4. The Morgan fingerprint density at radius 2 is 1.86 bits per heavy atom. The summed E-state index contributed by atoms with van der Waals surface area (Å²) in [4.78, 5) is 0. The average molecular weight is 308 g/mol. The molecule has 0 aliphatic carbocycles. The maximum absolute atomic E-state index is 12.3. The number of hydrogen-bond acceptors (Lipinski definition) is 4. The number of hydrogen-bond donors (Lipinski definition) is 2. The molecule has 0 radical (unpaired) electrons. The van der Waals surface area contributed by atoms with Gasteiger partial charge in [-0.15, -0.1) is 0 Å². The van der Waals surface area contributed by atoms with Gasteiger partial charge in [-0.25, -0.2) is 0 Å². The molecule has 0 aliphatic heterocycles. The Labute approximate surface area is 125 Å². The first-order chi connectivity index (χ1) is 9.92. The van der Waals surface area contributed by atoms with Crippen molar-refractivity contribution >= 4 is 15.7 Å². The lowest BCUT2D eigenvalue weighted by Crippen LogP contribution is -2.13. The van der Waals surface area contributed by atoms with Crippen LogP contribution in [0.4, 0.5) is 5.69 Å². The molecule has 1 heterocycles. The third kappa shape index (κ3) is 3.86. The van der Waals surface area contributed by atoms with E-state index in [-0.39, 0.29) is 5.09 Å². The molecule has 0 bridgehead atoms. The molecule has 6 heteroatoms. The van der Waals surface area contributed by atoms with Gasteiger partial charge in [0, 0.05) is 5.69 Å². The van der Waals surface area contributed by atoms with Crippen LogP contribution in [0.25, 0.3) is 0 Å². The number of aryl methyl sites for hydroxylation is 2. The molecular weight excluding hydrogens is 288 g/mol. The second-order valence-corrected chi connectivity index (χ2v) is 6.52. The van der Waals surface area contributed by atoms with E-state index in [9.17, 15) is 8.42 Å². The Hall–Kier alpha value is -1.79. The SMILES string of the molecule is CCNCc1ccc(S(=O)(=O)Nc2ccc(C)c(C)c2)o1. The molecule has 114 valence electrons. The van der Waals surface area contributed by atoms with Crippen molar-refractivity contribution in [2.24, 2.45) is 0 Å². The zero-order chi connectivity index (χ0) is 15.5. The first kappa shape index (κ1) is 15.6. The highest BCUT2D eigenvalue weighted by Crippen LogP contribution is 2.20. The van der Waals surface area contributed by atoms with Crippen LogP contribution in [-0.2, 0) is 16.6 Å². The van der Waals surface area contributed by atoms with Gasteiger partial charge in [0.05, 0.1) is 6.54 Å². The molecule has 0 atom stereocenters. The van der Waals surface area contributed by atoms with E-state index in [2.05, 4.69) is 10.0 Å². The molecule has 0 unspecified atom stereocenters. The van der Waals surface area contributed by atoms with Crippen molar-refractivity contribution in [2.45, 2.75) is 32.4 Å². The molecule has 1 aromatic heterocycles. The van der Waals surface area contributed by atoms with Crippen molar-refractivity contribution in [1.29, 1.82) is 0 Å². The second-order valence-electron chi connectivity index (χ2n) is 4.91. The van der Waals surface area contributed by atoms with Gasteiger partial charge in [0.1, 0.15) is 5.76 Å². The summed E-state index contributed by atoms with van der Waals surface area (Å²) in [5.74, 6) is 0.595. The molecule has 0 aliphatic rings. The first-order valence-corrected chi connectivity index (χ1v) is 8.30. The van der Waals surface area contributed by atoms with Gasteiger partial charge in [-0.3, -0.25) is 4.72 Å². The van der Waals surface area contributed by atoms with E-state index in [1.165, 1.54) is 6.07 Å². The van der Waals surface area contributed by atoms with Crippen LogP contribution >= 0.6 is 0 Å². The van der Waals surface area contributed by atoms with Crippen molar-refractivity contribution in [3.8, 4) is 0 Å². The van der Waals surface area contributed by atoms with Crippen molar-refractivity contribution in [3.05, 3.63) is 47.2 Å². The Kier molecular flexibility index (Phi) is 4.69. The van der Waals surface area contributed by atoms with Crippen molar-refractivity contribution in [3.63, 3.8) is 0 Å².